The first kappa shape index (κ1) is 30.2. The molecule has 1 spiro atoms. The van der Waals surface area contributed by atoms with Gasteiger partial charge >= 0.3 is 0 Å². The molecule has 1 saturated heterocycles. The largest absolute Gasteiger partial charge is 0.354 e. The Morgan fingerprint density at radius 1 is 0.951 bits per heavy atom. The van der Waals surface area contributed by atoms with Crippen molar-refractivity contribution in [3.8, 4) is 0 Å². The highest BCUT2D eigenvalue weighted by Crippen LogP contribution is 2.39. The molecule has 0 radical (unpaired) electrons. The highest BCUT2D eigenvalue weighted by Gasteiger charge is 2.37. The van der Waals surface area contributed by atoms with Crippen molar-refractivity contribution in [2.24, 2.45) is 5.92 Å². The number of unbranched alkanes of at least 4 members (excludes halogenated alkanes) is 1. The minimum absolute atomic E-state index is 0.0256. The van der Waals surface area contributed by atoms with Crippen LogP contribution in [0.2, 0.25) is 5.02 Å². The Labute approximate surface area is 251 Å². The lowest BCUT2D eigenvalue weighted by Crippen LogP contribution is -2.47. The Hall–Kier alpha value is -2.31. The number of aromatic nitrogens is 1. The number of piperidine rings is 1. The van der Waals surface area contributed by atoms with E-state index in [1.165, 1.54) is 75.5 Å². The van der Waals surface area contributed by atoms with Gasteiger partial charge in [-0.05, 0) is 61.8 Å². The Morgan fingerprint density at radius 3 is 2.34 bits per heavy atom. The molecule has 1 aliphatic carbocycles. The number of halogens is 1. The van der Waals surface area contributed by atoms with Gasteiger partial charge in [0, 0.05) is 43.8 Å². The van der Waals surface area contributed by atoms with Crippen LogP contribution >= 0.6 is 11.6 Å². The number of nitrogens with one attached hydrogen (secondary N) is 3. The quantitative estimate of drug-likeness (QED) is 0.299. The molecule has 3 N–H and O–H groups in total. The van der Waals surface area contributed by atoms with E-state index in [4.69, 9.17) is 11.6 Å². The summed E-state index contributed by atoms with van der Waals surface area (Å²) in [5.41, 5.74) is 3.97. The van der Waals surface area contributed by atoms with Crippen molar-refractivity contribution in [2.75, 3.05) is 26.2 Å². The van der Waals surface area contributed by atoms with E-state index in [1.54, 1.807) is 6.07 Å². The lowest BCUT2D eigenvalue weighted by atomic mass is 9.78. The van der Waals surface area contributed by atoms with Crippen LogP contribution < -0.4 is 10.6 Å². The van der Waals surface area contributed by atoms with Gasteiger partial charge in [0.15, 0.2) is 0 Å². The van der Waals surface area contributed by atoms with E-state index in [2.05, 4.69) is 21.7 Å². The van der Waals surface area contributed by atoms with Crippen molar-refractivity contribution in [3.05, 3.63) is 57.9 Å². The number of likely N-dealkylation sites (tertiary alicyclic amines) is 1. The highest BCUT2D eigenvalue weighted by atomic mass is 35.5. The van der Waals surface area contributed by atoms with Gasteiger partial charge in [-0.3, -0.25) is 9.59 Å². The van der Waals surface area contributed by atoms with E-state index in [-0.39, 0.29) is 17.4 Å². The van der Waals surface area contributed by atoms with Crippen LogP contribution in [0.3, 0.4) is 0 Å². The van der Waals surface area contributed by atoms with Crippen LogP contribution in [0.15, 0.2) is 30.3 Å². The Kier molecular flexibility index (Phi) is 10.8. The highest BCUT2D eigenvalue weighted by molar-refractivity contribution is 6.33. The number of carbonyl (C=O) groups excluding carboxylic acids is 2. The van der Waals surface area contributed by atoms with Crippen molar-refractivity contribution in [3.63, 3.8) is 0 Å². The normalized spacial score (nSPS) is 20.3. The standard InChI is InChI=1S/C34H49ClN4O2/c35-29-15-8-7-14-27(29)33(41)39-23-17-26(18-24-39)13-9-12-21-36-32(40)31-25-28-30(38-31)16-22-37-34(28)19-10-5-3-1-2-4-6-11-20-34/h7-8,14-15,25-26,37-38H,1-6,9-13,16-24H2,(H,36,40). The van der Waals surface area contributed by atoms with Crippen molar-refractivity contribution in [2.45, 2.75) is 108 Å². The summed E-state index contributed by atoms with van der Waals surface area (Å²) in [4.78, 5) is 31.4. The predicted molar refractivity (Wildman–Crippen MR) is 167 cm³/mol. The van der Waals surface area contributed by atoms with Crippen molar-refractivity contribution in [1.82, 2.24) is 20.5 Å². The number of amides is 2. The second-order valence-corrected chi connectivity index (χ2v) is 13.0. The third-order valence-electron chi connectivity index (χ3n) is 9.79. The zero-order valence-corrected chi connectivity index (χ0v) is 25.5. The first-order valence-corrected chi connectivity index (χ1v) is 16.7. The summed E-state index contributed by atoms with van der Waals surface area (Å²) < 4.78 is 0. The molecule has 3 aliphatic rings. The summed E-state index contributed by atoms with van der Waals surface area (Å²) in [5, 5.41) is 7.61. The molecule has 3 heterocycles. The van der Waals surface area contributed by atoms with Crippen LogP contribution in [0.25, 0.3) is 0 Å². The number of carbonyl (C=O) groups is 2. The van der Waals surface area contributed by atoms with Crippen LogP contribution in [-0.4, -0.2) is 47.9 Å². The first-order valence-electron chi connectivity index (χ1n) is 16.4. The van der Waals surface area contributed by atoms with Crippen molar-refractivity contribution < 1.29 is 9.59 Å². The number of hydrogen-bond donors (Lipinski definition) is 3. The van der Waals surface area contributed by atoms with Crippen molar-refractivity contribution in [1.29, 1.82) is 0 Å². The number of fused-ring (bicyclic) bond motifs is 2. The molecule has 6 nitrogen and oxygen atoms in total. The number of nitrogens with zero attached hydrogens (tertiary/aromatic N) is 1. The summed E-state index contributed by atoms with van der Waals surface area (Å²) in [6, 6.07) is 9.47. The Bertz CT molecular complexity index is 1140. The molecular formula is C34H49ClN4O2. The van der Waals surface area contributed by atoms with Crippen LogP contribution in [0.5, 0.6) is 0 Å². The molecule has 1 saturated carbocycles. The molecule has 224 valence electrons. The fourth-order valence-corrected chi connectivity index (χ4v) is 7.55. The van der Waals surface area contributed by atoms with E-state index in [0.29, 0.717) is 23.0 Å². The van der Waals surface area contributed by atoms with Gasteiger partial charge in [-0.1, -0.05) is 87.9 Å². The van der Waals surface area contributed by atoms with Gasteiger partial charge in [0.2, 0.25) is 0 Å². The van der Waals surface area contributed by atoms with Gasteiger partial charge in [-0.15, -0.1) is 0 Å². The van der Waals surface area contributed by atoms with E-state index in [0.717, 1.165) is 63.9 Å². The molecule has 2 amide bonds. The third kappa shape index (κ3) is 7.75. The Balaban J connectivity index is 1.05. The van der Waals surface area contributed by atoms with Gasteiger partial charge in [-0.25, -0.2) is 0 Å². The first-order chi connectivity index (χ1) is 20.1. The number of rotatable bonds is 7. The molecule has 1 aromatic heterocycles. The number of aromatic amines is 1. The maximum absolute atomic E-state index is 13.1. The maximum Gasteiger partial charge on any atom is 0.267 e. The van der Waals surface area contributed by atoms with Crippen LogP contribution in [-0.2, 0) is 12.0 Å². The Morgan fingerprint density at radius 2 is 1.63 bits per heavy atom. The molecular weight excluding hydrogens is 532 g/mol. The second kappa shape index (κ2) is 14.7. The molecule has 7 heteroatoms. The number of benzene rings is 1. The minimum Gasteiger partial charge on any atom is -0.354 e. The fraction of sp³-hybridized carbons (Fsp3) is 0.647. The molecule has 41 heavy (non-hydrogen) atoms. The topological polar surface area (TPSA) is 77.2 Å². The molecule has 0 atom stereocenters. The lowest BCUT2D eigenvalue weighted by molar-refractivity contribution is 0.0686. The molecule has 2 fully saturated rings. The van der Waals surface area contributed by atoms with Gasteiger partial charge in [-0.2, -0.15) is 0 Å². The average Bonchev–Trinajstić information content (AvgIpc) is 3.42. The summed E-state index contributed by atoms with van der Waals surface area (Å²) in [6.45, 7) is 3.27. The molecule has 2 aromatic rings. The second-order valence-electron chi connectivity index (χ2n) is 12.6. The zero-order valence-electron chi connectivity index (χ0n) is 24.7. The van der Waals surface area contributed by atoms with Crippen LogP contribution in [0.1, 0.15) is 128 Å². The number of hydrogen-bond acceptors (Lipinski definition) is 3. The summed E-state index contributed by atoms with van der Waals surface area (Å²) in [6.07, 6.45) is 19.2. The predicted octanol–water partition coefficient (Wildman–Crippen LogP) is 7.38. The number of H-pyrrole nitrogens is 1. The van der Waals surface area contributed by atoms with Crippen LogP contribution in [0, 0.1) is 5.92 Å². The summed E-state index contributed by atoms with van der Waals surface area (Å²) >= 11 is 6.23. The molecule has 0 unspecified atom stereocenters. The van der Waals surface area contributed by atoms with E-state index >= 15 is 0 Å². The molecule has 0 bridgehead atoms. The van der Waals surface area contributed by atoms with E-state index in [9.17, 15) is 9.59 Å². The van der Waals surface area contributed by atoms with E-state index in [1.807, 2.05) is 23.1 Å². The average molecular weight is 581 g/mol. The molecule has 5 rings (SSSR count). The minimum atomic E-state index is 0.0256. The van der Waals surface area contributed by atoms with Gasteiger partial charge in [0.05, 0.1) is 10.6 Å². The van der Waals surface area contributed by atoms with Crippen LogP contribution in [0.4, 0.5) is 0 Å². The maximum atomic E-state index is 13.1. The summed E-state index contributed by atoms with van der Waals surface area (Å²) in [7, 11) is 0. The SMILES string of the molecule is O=C(NCCCCC1CCN(C(=O)c2ccccc2Cl)CC1)c1cc2c([nH]1)CCNC21CCCCCCCCCC1. The summed E-state index contributed by atoms with van der Waals surface area (Å²) in [5.74, 6) is 0.708. The van der Waals surface area contributed by atoms with E-state index < -0.39 is 0 Å². The fourth-order valence-electron chi connectivity index (χ4n) is 7.34. The molecule has 2 aliphatic heterocycles. The molecule has 1 aromatic carbocycles. The monoisotopic (exact) mass is 580 g/mol. The zero-order chi connectivity index (χ0) is 28.5. The third-order valence-corrected chi connectivity index (χ3v) is 10.1. The lowest BCUT2D eigenvalue weighted by Gasteiger charge is -2.39. The van der Waals surface area contributed by atoms with Gasteiger partial charge in [0.25, 0.3) is 11.8 Å². The van der Waals surface area contributed by atoms with Gasteiger partial charge in [0.1, 0.15) is 5.69 Å². The van der Waals surface area contributed by atoms with Gasteiger partial charge < -0.3 is 20.5 Å². The van der Waals surface area contributed by atoms with Crippen molar-refractivity contribution >= 4 is 23.4 Å². The smallest absolute Gasteiger partial charge is 0.267 e.